The van der Waals surface area contributed by atoms with E-state index in [1.807, 2.05) is 30.3 Å². The number of carbonyl (C=O) groups is 1. The molecule has 5 heteroatoms. The molecular weight excluding hydrogens is 332 g/mol. The van der Waals surface area contributed by atoms with E-state index in [0.29, 0.717) is 17.9 Å². The zero-order valence-electron chi connectivity index (χ0n) is 11.2. The van der Waals surface area contributed by atoms with Gasteiger partial charge in [0.15, 0.2) is 6.61 Å². The minimum absolute atomic E-state index is 0.0176. The Morgan fingerprint density at radius 3 is 2.71 bits per heavy atom. The second-order valence-electron chi connectivity index (χ2n) is 4.33. The molecule has 0 spiro atoms. The molecule has 0 aliphatic carbocycles. The molecule has 4 nitrogen and oxygen atoms in total. The SMILES string of the molecule is N#CCOc1cccc(NC(=O)Cc2ccc(Br)cc2)c1. The third-order valence-corrected chi connectivity index (χ3v) is 3.23. The summed E-state index contributed by atoms with van der Waals surface area (Å²) in [7, 11) is 0. The van der Waals surface area contributed by atoms with Gasteiger partial charge in [0.05, 0.1) is 6.42 Å². The van der Waals surface area contributed by atoms with Crippen LogP contribution in [-0.4, -0.2) is 12.5 Å². The Hall–Kier alpha value is -2.32. The fourth-order valence-electron chi connectivity index (χ4n) is 1.77. The number of halogens is 1. The Morgan fingerprint density at radius 2 is 2.00 bits per heavy atom. The number of hydrogen-bond acceptors (Lipinski definition) is 3. The average Bonchev–Trinajstić information content (AvgIpc) is 2.48. The van der Waals surface area contributed by atoms with Crippen molar-refractivity contribution in [1.82, 2.24) is 0 Å². The van der Waals surface area contributed by atoms with E-state index < -0.39 is 0 Å². The van der Waals surface area contributed by atoms with E-state index in [9.17, 15) is 4.79 Å². The molecule has 106 valence electrons. The van der Waals surface area contributed by atoms with Crippen molar-refractivity contribution in [3.8, 4) is 11.8 Å². The third-order valence-electron chi connectivity index (χ3n) is 2.70. The number of nitrogens with zero attached hydrogens (tertiary/aromatic N) is 1. The molecule has 2 aromatic rings. The van der Waals surface area contributed by atoms with E-state index in [1.165, 1.54) is 0 Å². The lowest BCUT2D eigenvalue weighted by molar-refractivity contribution is -0.115. The maximum atomic E-state index is 12.0. The number of hydrogen-bond donors (Lipinski definition) is 1. The average molecular weight is 345 g/mol. The normalized spacial score (nSPS) is 9.71. The number of rotatable bonds is 5. The molecule has 0 radical (unpaired) electrons. The van der Waals surface area contributed by atoms with E-state index in [0.717, 1.165) is 10.0 Å². The third kappa shape index (κ3) is 4.93. The summed E-state index contributed by atoms with van der Waals surface area (Å²) in [5.41, 5.74) is 1.58. The van der Waals surface area contributed by atoms with Crippen LogP contribution in [0.25, 0.3) is 0 Å². The molecule has 0 saturated carbocycles. The first-order valence-electron chi connectivity index (χ1n) is 6.31. The number of benzene rings is 2. The molecule has 0 bridgehead atoms. The number of anilines is 1. The van der Waals surface area contributed by atoms with Crippen molar-refractivity contribution in [2.45, 2.75) is 6.42 Å². The van der Waals surface area contributed by atoms with Crippen LogP contribution in [0, 0.1) is 11.3 Å². The molecule has 1 amide bonds. The molecule has 0 unspecified atom stereocenters. The highest BCUT2D eigenvalue weighted by Crippen LogP contribution is 2.18. The van der Waals surface area contributed by atoms with E-state index in [4.69, 9.17) is 10.00 Å². The monoisotopic (exact) mass is 344 g/mol. The highest BCUT2D eigenvalue weighted by atomic mass is 79.9. The van der Waals surface area contributed by atoms with Crippen LogP contribution in [0.3, 0.4) is 0 Å². The molecule has 21 heavy (non-hydrogen) atoms. The molecular formula is C16H13BrN2O2. The van der Waals surface area contributed by atoms with Crippen LogP contribution in [-0.2, 0) is 11.2 Å². The molecule has 2 rings (SSSR count). The van der Waals surface area contributed by atoms with Gasteiger partial charge in [-0.15, -0.1) is 0 Å². The van der Waals surface area contributed by atoms with E-state index in [-0.39, 0.29) is 12.5 Å². The first-order chi connectivity index (χ1) is 10.2. The quantitative estimate of drug-likeness (QED) is 0.902. The number of carbonyl (C=O) groups excluding carboxylic acids is 1. The predicted molar refractivity (Wildman–Crippen MR) is 84.0 cm³/mol. The predicted octanol–water partition coefficient (Wildman–Crippen LogP) is 3.53. The van der Waals surface area contributed by atoms with Crippen LogP contribution in [0.1, 0.15) is 5.56 Å². The summed E-state index contributed by atoms with van der Waals surface area (Å²) in [6.45, 7) is -0.0176. The van der Waals surface area contributed by atoms with Gasteiger partial charge >= 0.3 is 0 Å². The fourth-order valence-corrected chi connectivity index (χ4v) is 2.04. The Labute approximate surface area is 131 Å². The summed E-state index contributed by atoms with van der Waals surface area (Å²) in [5.74, 6) is 0.452. The van der Waals surface area contributed by atoms with Gasteiger partial charge in [-0.1, -0.05) is 34.1 Å². The van der Waals surface area contributed by atoms with Gasteiger partial charge in [-0.2, -0.15) is 5.26 Å². The van der Waals surface area contributed by atoms with Crippen molar-refractivity contribution >= 4 is 27.5 Å². The van der Waals surface area contributed by atoms with Crippen molar-refractivity contribution in [1.29, 1.82) is 5.26 Å². The summed E-state index contributed by atoms with van der Waals surface area (Å²) in [6, 6.07) is 16.5. The van der Waals surface area contributed by atoms with Gasteiger partial charge in [0.1, 0.15) is 11.8 Å². The van der Waals surface area contributed by atoms with Crippen molar-refractivity contribution < 1.29 is 9.53 Å². The van der Waals surface area contributed by atoms with Crippen LogP contribution in [0.5, 0.6) is 5.75 Å². The van der Waals surface area contributed by atoms with E-state index in [2.05, 4.69) is 21.2 Å². The Balaban J connectivity index is 1.96. The van der Waals surface area contributed by atoms with Gasteiger partial charge in [0.2, 0.25) is 5.91 Å². The zero-order valence-corrected chi connectivity index (χ0v) is 12.8. The van der Waals surface area contributed by atoms with Gasteiger partial charge in [-0.3, -0.25) is 4.79 Å². The van der Waals surface area contributed by atoms with Crippen molar-refractivity contribution in [2.24, 2.45) is 0 Å². The first-order valence-corrected chi connectivity index (χ1v) is 7.11. The first kappa shape index (κ1) is 15.1. The number of amides is 1. The number of nitriles is 1. The number of ether oxygens (including phenoxy) is 1. The van der Waals surface area contributed by atoms with Crippen LogP contribution in [0.2, 0.25) is 0 Å². The summed E-state index contributed by atoms with van der Waals surface area (Å²) in [6.07, 6.45) is 0.302. The topological polar surface area (TPSA) is 62.1 Å². The van der Waals surface area contributed by atoms with Crippen LogP contribution < -0.4 is 10.1 Å². The molecule has 0 saturated heterocycles. The van der Waals surface area contributed by atoms with Gasteiger partial charge in [-0.25, -0.2) is 0 Å². The summed E-state index contributed by atoms with van der Waals surface area (Å²) in [4.78, 5) is 12.0. The summed E-state index contributed by atoms with van der Waals surface area (Å²) >= 11 is 3.36. The molecule has 0 aromatic heterocycles. The molecule has 0 aliphatic rings. The highest BCUT2D eigenvalue weighted by molar-refractivity contribution is 9.10. The maximum Gasteiger partial charge on any atom is 0.228 e. The minimum Gasteiger partial charge on any atom is -0.479 e. The largest absolute Gasteiger partial charge is 0.479 e. The maximum absolute atomic E-state index is 12.0. The molecule has 0 heterocycles. The summed E-state index contributed by atoms with van der Waals surface area (Å²) < 4.78 is 6.17. The second kappa shape index (κ2) is 7.46. The van der Waals surface area contributed by atoms with Crippen LogP contribution in [0.4, 0.5) is 5.69 Å². The Bertz CT molecular complexity index is 663. The fraction of sp³-hybridized carbons (Fsp3) is 0.125. The number of nitrogens with one attached hydrogen (secondary N) is 1. The Morgan fingerprint density at radius 1 is 1.24 bits per heavy atom. The highest BCUT2D eigenvalue weighted by Gasteiger charge is 2.05. The van der Waals surface area contributed by atoms with E-state index in [1.54, 1.807) is 24.3 Å². The van der Waals surface area contributed by atoms with Crippen LogP contribution >= 0.6 is 15.9 Å². The molecule has 0 fully saturated rings. The summed E-state index contributed by atoms with van der Waals surface area (Å²) in [5, 5.41) is 11.3. The lowest BCUT2D eigenvalue weighted by Crippen LogP contribution is -2.14. The van der Waals surface area contributed by atoms with Gasteiger partial charge < -0.3 is 10.1 Å². The van der Waals surface area contributed by atoms with Crippen molar-refractivity contribution in [3.05, 3.63) is 58.6 Å². The van der Waals surface area contributed by atoms with Gasteiger partial charge in [0, 0.05) is 16.2 Å². The second-order valence-corrected chi connectivity index (χ2v) is 5.24. The smallest absolute Gasteiger partial charge is 0.228 e. The van der Waals surface area contributed by atoms with Crippen molar-refractivity contribution in [3.63, 3.8) is 0 Å². The lowest BCUT2D eigenvalue weighted by Gasteiger charge is -2.07. The molecule has 1 N–H and O–H groups in total. The Kier molecular flexibility index (Phi) is 5.35. The van der Waals surface area contributed by atoms with E-state index >= 15 is 0 Å². The minimum atomic E-state index is -0.102. The molecule has 2 aromatic carbocycles. The zero-order chi connectivity index (χ0) is 15.1. The van der Waals surface area contributed by atoms with Crippen LogP contribution in [0.15, 0.2) is 53.0 Å². The standard InChI is InChI=1S/C16H13BrN2O2/c17-13-6-4-12(5-7-13)10-16(20)19-14-2-1-3-15(11-14)21-9-8-18/h1-7,11H,9-10H2,(H,19,20). The van der Waals surface area contributed by atoms with Crippen molar-refractivity contribution in [2.75, 3.05) is 11.9 Å². The van der Waals surface area contributed by atoms with Gasteiger partial charge in [0.25, 0.3) is 0 Å². The molecule has 0 atom stereocenters. The van der Waals surface area contributed by atoms with Gasteiger partial charge in [-0.05, 0) is 29.8 Å². The lowest BCUT2D eigenvalue weighted by atomic mass is 10.1. The molecule has 0 aliphatic heterocycles.